The normalized spacial score (nSPS) is 12.4. The quantitative estimate of drug-likeness (QED) is 0.476. The van der Waals surface area contributed by atoms with Gasteiger partial charge >= 0.3 is 0 Å². The van der Waals surface area contributed by atoms with E-state index in [1.165, 1.54) is 24.3 Å². The first-order chi connectivity index (χ1) is 6.65. The number of non-ortho nitro benzene ring substituents is 1. The van der Waals surface area contributed by atoms with E-state index in [0.29, 0.717) is 17.9 Å². The molecule has 0 amide bonds. The summed E-state index contributed by atoms with van der Waals surface area (Å²) < 4.78 is 0. The van der Waals surface area contributed by atoms with Crippen molar-refractivity contribution in [3.8, 4) is 0 Å². The third-order valence-electron chi connectivity index (χ3n) is 1.87. The second-order valence-electron chi connectivity index (χ2n) is 2.84. The van der Waals surface area contributed by atoms with Crippen molar-refractivity contribution in [3.05, 3.63) is 39.9 Å². The van der Waals surface area contributed by atoms with Gasteiger partial charge in [0.15, 0.2) is 0 Å². The van der Waals surface area contributed by atoms with Gasteiger partial charge in [-0.25, -0.2) is 0 Å². The molecule has 0 saturated heterocycles. The molecule has 0 unspecified atom stereocenters. The van der Waals surface area contributed by atoms with E-state index in [1.54, 1.807) is 0 Å². The molecule has 0 aromatic heterocycles. The van der Waals surface area contributed by atoms with Crippen molar-refractivity contribution < 1.29 is 10.0 Å². The first-order valence-electron chi connectivity index (χ1n) is 4.13. The minimum atomic E-state index is -0.645. The van der Waals surface area contributed by atoms with Crippen LogP contribution >= 0.6 is 11.6 Å². The van der Waals surface area contributed by atoms with E-state index in [2.05, 4.69) is 0 Å². The van der Waals surface area contributed by atoms with Crippen LogP contribution in [0.2, 0.25) is 0 Å². The number of hydrogen-bond acceptors (Lipinski definition) is 3. The average molecular weight is 216 g/mol. The summed E-state index contributed by atoms with van der Waals surface area (Å²) in [5.41, 5.74) is 0.670. The summed E-state index contributed by atoms with van der Waals surface area (Å²) in [5.74, 6) is 0.359. The Morgan fingerprint density at radius 2 is 2.00 bits per heavy atom. The van der Waals surface area contributed by atoms with Crippen LogP contribution in [0.4, 0.5) is 5.69 Å². The second-order valence-corrected chi connectivity index (χ2v) is 3.22. The van der Waals surface area contributed by atoms with Crippen molar-refractivity contribution in [2.45, 2.75) is 12.5 Å². The Bertz CT molecular complexity index is 312. The molecule has 0 fully saturated rings. The van der Waals surface area contributed by atoms with Crippen LogP contribution in [0.5, 0.6) is 0 Å². The number of hydrogen-bond donors (Lipinski definition) is 1. The summed E-state index contributed by atoms with van der Waals surface area (Å²) in [4.78, 5) is 9.86. The summed E-state index contributed by atoms with van der Waals surface area (Å²) in [7, 11) is 0. The zero-order chi connectivity index (χ0) is 10.6. The van der Waals surface area contributed by atoms with E-state index in [1.807, 2.05) is 0 Å². The van der Waals surface area contributed by atoms with Crippen molar-refractivity contribution >= 4 is 17.3 Å². The summed E-state index contributed by atoms with van der Waals surface area (Å²) in [5, 5.41) is 19.8. The lowest BCUT2D eigenvalue weighted by Crippen LogP contribution is -1.98. The number of nitro groups is 1. The largest absolute Gasteiger partial charge is 0.388 e. The molecule has 0 spiro atoms. The van der Waals surface area contributed by atoms with Gasteiger partial charge in [-0.15, -0.1) is 11.6 Å². The highest BCUT2D eigenvalue weighted by atomic mass is 35.5. The number of aliphatic hydroxyl groups excluding tert-OH is 1. The van der Waals surface area contributed by atoms with Gasteiger partial charge < -0.3 is 5.11 Å². The maximum atomic E-state index is 10.3. The number of rotatable bonds is 4. The van der Waals surface area contributed by atoms with E-state index in [-0.39, 0.29) is 5.69 Å². The maximum absolute atomic E-state index is 10.3. The third-order valence-corrected chi connectivity index (χ3v) is 2.09. The Morgan fingerprint density at radius 3 is 2.43 bits per heavy atom. The maximum Gasteiger partial charge on any atom is 0.269 e. The lowest BCUT2D eigenvalue weighted by Gasteiger charge is -2.07. The average Bonchev–Trinajstić information content (AvgIpc) is 2.18. The molecular formula is C9H10ClNO3. The second kappa shape index (κ2) is 4.93. The van der Waals surface area contributed by atoms with Crippen LogP contribution in [0.1, 0.15) is 18.1 Å². The molecule has 5 heteroatoms. The number of nitrogens with zero attached hydrogens (tertiary/aromatic N) is 1. The molecule has 0 saturated carbocycles. The highest BCUT2D eigenvalue weighted by Gasteiger charge is 2.09. The molecule has 0 aliphatic rings. The number of aliphatic hydroxyl groups is 1. The highest BCUT2D eigenvalue weighted by molar-refractivity contribution is 6.17. The number of benzene rings is 1. The van der Waals surface area contributed by atoms with Gasteiger partial charge in [0.1, 0.15) is 0 Å². The molecule has 0 heterocycles. The summed E-state index contributed by atoms with van der Waals surface area (Å²) >= 11 is 5.46. The Labute approximate surface area is 86.3 Å². The Hall–Kier alpha value is -1.13. The van der Waals surface area contributed by atoms with Crippen LogP contribution in [-0.2, 0) is 0 Å². The van der Waals surface area contributed by atoms with E-state index in [0.717, 1.165) is 0 Å². The van der Waals surface area contributed by atoms with Crippen molar-refractivity contribution in [1.29, 1.82) is 0 Å². The van der Waals surface area contributed by atoms with Gasteiger partial charge in [0, 0.05) is 18.0 Å². The van der Waals surface area contributed by atoms with Crippen molar-refractivity contribution in [2.24, 2.45) is 0 Å². The SMILES string of the molecule is O=[N+]([O-])c1ccc([C@@H](O)CCCl)cc1. The smallest absolute Gasteiger partial charge is 0.269 e. The lowest BCUT2D eigenvalue weighted by molar-refractivity contribution is -0.384. The minimum absolute atomic E-state index is 0.0202. The van der Waals surface area contributed by atoms with Crippen molar-refractivity contribution in [3.63, 3.8) is 0 Å². The number of alkyl halides is 1. The van der Waals surface area contributed by atoms with E-state index in [4.69, 9.17) is 11.6 Å². The van der Waals surface area contributed by atoms with Crippen molar-refractivity contribution in [1.82, 2.24) is 0 Å². The van der Waals surface area contributed by atoms with Gasteiger partial charge in [-0.1, -0.05) is 0 Å². The fraction of sp³-hybridized carbons (Fsp3) is 0.333. The van der Waals surface area contributed by atoms with Gasteiger partial charge in [0.2, 0.25) is 0 Å². The van der Waals surface area contributed by atoms with Crippen LogP contribution < -0.4 is 0 Å². The molecule has 1 rings (SSSR count). The third kappa shape index (κ3) is 2.68. The van der Waals surface area contributed by atoms with Crippen LogP contribution in [0.15, 0.2) is 24.3 Å². The molecule has 0 aliphatic heterocycles. The van der Waals surface area contributed by atoms with Crippen molar-refractivity contribution in [2.75, 3.05) is 5.88 Å². The van der Waals surface area contributed by atoms with Gasteiger partial charge in [0.25, 0.3) is 5.69 Å². The molecule has 76 valence electrons. The fourth-order valence-corrected chi connectivity index (χ4v) is 1.29. The molecule has 0 radical (unpaired) electrons. The Morgan fingerprint density at radius 1 is 1.43 bits per heavy atom. The highest BCUT2D eigenvalue weighted by Crippen LogP contribution is 2.20. The first kappa shape index (κ1) is 10.9. The lowest BCUT2D eigenvalue weighted by atomic mass is 10.1. The van der Waals surface area contributed by atoms with Gasteiger partial charge in [0.05, 0.1) is 11.0 Å². The topological polar surface area (TPSA) is 63.4 Å². The molecule has 14 heavy (non-hydrogen) atoms. The molecule has 1 aromatic rings. The monoisotopic (exact) mass is 215 g/mol. The molecule has 4 nitrogen and oxygen atoms in total. The zero-order valence-corrected chi connectivity index (χ0v) is 8.15. The van der Waals surface area contributed by atoms with E-state index in [9.17, 15) is 15.2 Å². The van der Waals surface area contributed by atoms with Crippen LogP contribution in [0.25, 0.3) is 0 Å². The molecule has 0 bridgehead atoms. The summed E-state index contributed by atoms with van der Waals surface area (Å²) in [6.45, 7) is 0. The van der Waals surface area contributed by atoms with Crippen LogP contribution in [0.3, 0.4) is 0 Å². The Balaban J connectivity index is 2.77. The molecule has 1 N–H and O–H groups in total. The Kier molecular flexibility index (Phi) is 3.85. The van der Waals surface area contributed by atoms with Crippen LogP contribution in [-0.4, -0.2) is 15.9 Å². The summed E-state index contributed by atoms with van der Waals surface area (Å²) in [6, 6.07) is 5.81. The predicted octanol–water partition coefficient (Wildman–Crippen LogP) is 2.26. The van der Waals surface area contributed by atoms with Gasteiger partial charge in [-0.2, -0.15) is 0 Å². The van der Waals surface area contributed by atoms with Crippen LogP contribution in [0, 0.1) is 10.1 Å². The zero-order valence-electron chi connectivity index (χ0n) is 7.39. The van der Waals surface area contributed by atoms with Gasteiger partial charge in [-0.3, -0.25) is 10.1 Å². The van der Waals surface area contributed by atoms with E-state index >= 15 is 0 Å². The molecular weight excluding hydrogens is 206 g/mol. The predicted molar refractivity (Wildman–Crippen MR) is 53.4 cm³/mol. The molecule has 0 aliphatic carbocycles. The van der Waals surface area contributed by atoms with E-state index < -0.39 is 11.0 Å². The summed E-state index contributed by atoms with van der Waals surface area (Å²) in [6.07, 6.45) is -0.201. The fourth-order valence-electron chi connectivity index (χ4n) is 1.09. The standard InChI is InChI=1S/C9H10ClNO3/c10-6-5-9(12)7-1-3-8(4-2-7)11(13)14/h1-4,9,12H,5-6H2/t9-/m0/s1. The molecule has 1 atom stereocenters. The van der Waals surface area contributed by atoms with Gasteiger partial charge in [-0.05, 0) is 24.1 Å². The number of halogens is 1. The first-order valence-corrected chi connectivity index (χ1v) is 4.67. The minimum Gasteiger partial charge on any atom is -0.388 e. The number of nitro benzene ring substituents is 1. The molecule has 1 aromatic carbocycles.